The summed E-state index contributed by atoms with van der Waals surface area (Å²) in [5.41, 5.74) is 1.14. The smallest absolute Gasteiger partial charge is 0.221 e. The number of hydrogen-bond acceptors (Lipinski definition) is 5. The molecule has 1 amide bonds. The maximum absolute atomic E-state index is 12.4. The van der Waals surface area contributed by atoms with Gasteiger partial charge >= 0.3 is 0 Å². The normalized spacial score (nSPS) is 21.0. The van der Waals surface area contributed by atoms with Crippen molar-refractivity contribution < 1.29 is 14.3 Å². The van der Waals surface area contributed by atoms with Crippen molar-refractivity contribution in [2.45, 2.75) is 45.3 Å². The number of benzene rings is 1. The van der Waals surface area contributed by atoms with Crippen LogP contribution >= 0.6 is 11.6 Å². The molecule has 6 nitrogen and oxygen atoms in total. The Morgan fingerprint density at radius 1 is 1.27 bits per heavy atom. The molecule has 2 aliphatic heterocycles. The Kier molecular flexibility index (Phi) is 9.25. The molecule has 0 saturated carbocycles. The number of nitrogens with zero attached hydrogens (tertiary/aromatic N) is 2. The van der Waals surface area contributed by atoms with E-state index in [-0.39, 0.29) is 12.0 Å². The highest BCUT2D eigenvalue weighted by Gasteiger charge is 2.23. The van der Waals surface area contributed by atoms with E-state index in [0.29, 0.717) is 17.4 Å². The second-order valence-electron chi connectivity index (χ2n) is 8.47. The predicted molar refractivity (Wildman–Crippen MR) is 120 cm³/mol. The van der Waals surface area contributed by atoms with Gasteiger partial charge in [0.2, 0.25) is 5.91 Å². The van der Waals surface area contributed by atoms with Crippen LogP contribution in [0.4, 0.5) is 0 Å². The fourth-order valence-electron chi connectivity index (χ4n) is 4.20. The quantitative estimate of drug-likeness (QED) is 0.643. The summed E-state index contributed by atoms with van der Waals surface area (Å²) < 4.78 is 11.3. The summed E-state index contributed by atoms with van der Waals surface area (Å²) in [6, 6.07) is 5.83. The Morgan fingerprint density at radius 2 is 2.07 bits per heavy atom. The minimum absolute atomic E-state index is 0.121. The molecule has 1 unspecified atom stereocenters. The van der Waals surface area contributed by atoms with Crippen LogP contribution in [0.2, 0.25) is 5.02 Å². The van der Waals surface area contributed by atoms with Crippen LogP contribution in [-0.2, 0) is 16.1 Å². The van der Waals surface area contributed by atoms with Crippen molar-refractivity contribution in [3.8, 4) is 5.75 Å². The topological polar surface area (TPSA) is 54.0 Å². The van der Waals surface area contributed by atoms with E-state index in [9.17, 15) is 4.79 Å². The number of piperidine rings is 1. The van der Waals surface area contributed by atoms with E-state index in [2.05, 4.69) is 22.0 Å². The third kappa shape index (κ3) is 7.12. The van der Waals surface area contributed by atoms with Gasteiger partial charge in [-0.3, -0.25) is 9.69 Å². The maximum Gasteiger partial charge on any atom is 0.221 e. The molecule has 30 heavy (non-hydrogen) atoms. The summed E-state index contributed by atoms with van der Waals surface area (Å²) in [5.74, 6) is 1.60. The Morgan fingerprint density at radius 3 is 2.80 bits per heavy atom. The monoisotopic (exact) mass is 437 g/mol. The zero-order chi connectivity index (χ0) is 21.3. The Hall–Kier alpha value is -1.34. The van der Waals surface area contributed by atoms with E-state index in [1.165, 1.54) is 0 Å². The molecule has 1 aromatic carbocycles. The summed E-state index contributed by atoms with van der Waals surface area (Å²) in [7, 11) is 1.75. The molecular formula is C23H36ClN3O3. The van der Waals surface area contributed by atoms with Gasteiger partial charge in [-0.25, -0.2) is 0 Å². The molecule has 0 aromatic heterocycles. The highest BCUT2D eigenvalue weighted by atomic mass is 35.5. The van der Waals surface area contributed by atoms with Gasteiger partial charge in [0.25, 0.3) is 0 Å². The zero-order valence-electron chi connectivity index (χ0n) is 18.4. The first-order chi connectivity index (χ1) is 14.6. The lowest BCUT2D eigenvalue weighted by molar-refractivity contribution is -0.121. The van der Waals surface area contributed by atoms with Gasteiger partial charge in [0, 0.05) is 56.8 Å². The summed E-state index contributed by atoms with van der Waals surface area (Å²) in [6.45, 7) is 9.27. The summed E-state index contributed by atoms with van der Waals surface area (Å²) in [4.78, 5) is 17.2. The zero-order valence-corrected chi connectivity index (χ0v) is 19.1. The fourth-order valence-corrected chi connectivity index (χ4v) is 4.36. The van der Waals surface area contributed by atoms with Gasteiger partial charge in [-0.15, -0.1) is 0 Å². The van der Waals surface area contributed by atoms with Gasteiger partial charge in [0.05, 0.1) is 6.61 Å². The number of nitrogens with one attached hydrogen (secondary N) is 1. The molecule has 0 bridgehead atoms. The van der Waals surface area contributed by atoms with Crippen molar-refractivity contribution in [3.63, 3.8) is 0 Å². The van der Waals surface area contributed by atoms with Crippen molar-refractivity contribution in [1.82, 2.24) is 15.1 Å². The van der Waals surface area contributed by atoms with Crippen LogP contribution in [0.3, 0.4) is 0 Å². The fraction of sp³-hybridized carbons (Fsp3) is 0.696. The van der Waals surface area contributed by atoms with E-state index >= 15 is 0 Å². The SMILES string of the molecule is CCC1CN(CCC(=O)NCC2CCN(CCOC)CC2)Cc2ccc(Cl)cc2O1. The second-order valence-corrected chi connectivity index (χ2v) is 8.90. The molecule has 1 saturated heterocycles. The average Bonchev–Trinajstić information content (AvgIpc) is 2.94. The standard InChI is InChI=1S/C23H36ClN3O3/c1-3-21-17-27(16-19-4-5-20(24)14-22(19)30-21)11-8-23(28)25-15-18-6-9-26(10-7-18)12-13-29-2/h4-5,14,18,21H,3,6-13,15-17H2,1-2H3,(H,25,28). The van der Waals surface area contributed by atoms with E-state index < -0.39 is 0 Å². The average molecular weight is 438 g/mol. The van der Waals surface area contributed by atoms with E-state index in [0.717, 1.165) is 83.0 Å². The van der Waals surface area contributed by atoms with E-state index in [1.807, 2.05) is 18.2 Å². The lowest BCUT2D eigenvalue weighted by Gasteiger charge is -2.31. The van der Waals surface area contributed by atoms with Gasteiger partial charge in [-0.05, 0) is 50.4 Å². The van der Waals surface area contributed by atoms with Crippen LogP contribution in [0.25, 0.3) is 0 Å². The number of amides is 1. The maximum atomic E-state index is 12.4. The summed E-state index contributed by atoms with van der Waals surface area (Å²) in [6.07, 6.45) is 3.86. The van der Waals surface area contributed by atoms with Gasteiger partial charge in [-0.1, -0.05) is 24.6 Å². The molecule has 1 fully saturated rings. The van der Waals surface area contributed by atoms with Crippen molar-refractivity contribution >= 4 is 17.5 Å². The van der Waals surface area contributed by atoms with Crippen molar-refractivity contribution in [3.05, 3.63) is 28.8 Å². The van der Waals surface area contributed by atoms with Gasteiger partial charge in [0.15, 0.2) is 0 Å². The van der Waals surface area contributed by atoms with Crippen LogP contribution in [0.15, 0.2) is 18.2 Å². The lowest BCUT2D eigenvalue weighted by atomic mass is 9.97. The molecule has 1 atom stereocenters. The third-order valence-corrected chi connectivity index (χ3v) is 6.43. The molecule has 0 aliphatic carbocycles. The van der Waals surface area contributed by atoms with Crippen molar-refractivity contribution in [1.29, 1.82) is 0 Å². The molecule has 7 heteroatoms. The number of fused-ring (bicyclic) bond motifs is 1. The Bertz CT molecular complexity index is 680. The van der Waals surface area contributed by atoms with Crippen LogP contribution < -0.4 is 10.1 Å². The van der Waals surface area contributed by atoms with Crippen LogP contribution in [-0.4, -0.2) is 74.8 Å². The minimum atomic E-state index is 0.121. The van der Waals surface area contributed by atoms with E-state index in [4.69, 9.17) is 21.1 Å². The van der Waals surface area contributed by atoms with E-state index in [1.54, 1.807) is 7.11 Å². The molecule has 1 N–H and O–H groups in total. The number of rotatable bonds is 9. The molecule has 1 aromatic rings. The van der Waals surface area contributed by atoms with Crippen LogP contribution in [0.1, 0.15) is 38.2 Å². The molecular weight excluding hydrogens is 402 g/mol. The molecule has 2 aliphatic rings. The number of ether oxygens (including phenoxy) is 2. The first-order valence-electron chi connectivity index (χ1n) is 11.2. The summed E-state index contributed by atoms with van der Waals surface area (Å²) >= 11 is 6.13. The number of likely N-dealkylation sites (tertiary alicyclic amines) is 1. The predicted octanol–water partition coefficient (Wildman–Crippen LogP) is 3.18. The Labute approximate surface area is 185 Å². The van der Waals surface area contributed by atoms with Crippen molar-refractivity contribution in [2.24, 2.45) is 5.92 Å². The molecule has 0 spiro atoms. The molecule has 2 heterocycles. The highest BCUT2D eigenvalue weighted by molar-refractivity contribution is 6.30. The van der Waals surface area contributed by atoms with Gasteiger partial charge in [-0.2, -0.15) is 0 Å². The summed E-state index contributed by atoms with van der Waals surface area (Å²) in [5, 5.41) is 3.86. The third-order valence-electron chi connectivity index (χ3n) is 6.20. The number of halogens is 1. The first kappa shape index (κ1) is 23.3. The Balaban J connectivity index is 1.40. The van der Waals surface area contributed by atoms with Crippen molar-refractivity contribution in [2.75, 3.05) is 53.0 Å². The molecule has 0 radical (unpaired) electrons. The number of methoxy groups -OCH3 is 1. The highest BCUT2D eigenvalue weighted by Crippen LogP contribution is 2.29. The number of carbonyl (C=O) groups is 1. The van der Waals surface area contributed by atoms with Crippen LogP contribution in [0.5, 0.6) is 5.75 Å². The first-order valence-corrected chi connectivity index (χ1v) is 11.6. The molecule has 168 valence electrons. The minimum Gasteiger partial charge on any atom is -0.489 e. The largest absolute Gasteiger partial charge is 0.489 e. The number of carbonyl (C=O) groups excluding carboxylic acids is 1. The number of hydrogen-bond donors (Lipinski definition) is 1. The van der Waals surface area contributed by atoms with Gasteiger partial charge in [0.1, 0.15) is 11.9 Å². The lowest BCUT2D eigenvalue weighted by Crippen LogP contribution is -2.40. The second kappa shape index (κ2) is 11.9. The molecule has 3 rings (SSSR count). The van der Waals surface area contributed by atoms with Gasteiger partial charge < -0.3 is 19.7 Å². The van der Waals surface area contributed by atoms with Crippen LogP contribution in [0, 0.1) is 5.92 Å².